The Kier molecular flexibility index (Phi) is 8.29. The lowest BCUT2D eigenvalue weighted by atomic mass is 10.0. The predicted molar refractivity (Wildman–Crippen MR) is 126 cm³/mol. The lowest BCUT2D eigenvalue weighted by Gasteiger charge is -2.31. The van der Waals surface area contributed by atoms with Crippen LogP contribution < -0.4 is 15.5 Å². The molecule has 3 N–H and O–H groups in total. The summed E-state index contributed by atoms with van der Waals surface area (Å²) < 4.78 is 14.7. The number of hydrogen-bond donors (Lipinski definition) is 3. The van der Waals surface area contributed by atoms with Gasteiger partial charge in [-0.2, -0.15) is 0 Å². The van der Waals surface area contributed by atoms with Crippen molar-refractivity contribution in [2.45, 2.75) is 52.2 Å². The molecule has 1 atom stereocenters. The number of nitrogens with zero attached hydrogens (tertiary/aromatic N) is 2. The summed E-state index contributed by atoms with van der Waals surface area (Å²) in [7, 11) is 0. The first kappa shape index (κ1) is 23.1. The number of anilines is 1. The number of aryl methyl sites for hydroxylation is 1. The highest BCUT2D eigenvalue weighted by atomic mass is 19.1. The number of rotatable bonds is 7. The van der Waals surface area contributed by atoms with E-state index in [0.29, 0.717) is 44.1 Å². The SMILES string of the molecule is CCNC(=NCc1ccc(N2CCC(O)CC2)c(F)c1)NCC(C)c1ccc(C)cc1. The zero-order valence-electron chi connectivity index (χ0n) is 18.9. The third kappa shape index (κ3) is 6.69. The van der Waals surface area contributed by atoms with Crippen molar-refractivity contribution in [2.24, 2.45) is 4.99 Å². The van der Waals surface area contributed by atoms with Crippen molar-refractivity contribution >= 4 is 11.6 Å². The Balaban J connectivity index is 1.59. The van der Waals surface area contributed by atoms with Crippen LogP contribution in [0.3, 0.4) is 0 Å². The smallest absolute Gasteiger partial charge is 0.191 e. The molecule has 1 fully saturated rings. The summed E-state index contributed by atoms with van der Waals surface area (Å²) in [6, 6.07) is 13.9. The largest absolute Gasteiger partial charge is 0.393 e. The number of aliphatic hydroxyl groups excluding tert-OH is 1. The molecule has 5 nitrogen and oxygen atoms in total. The van der Waals surface area contributed by atoms with E-state index >= 15 is 0 Å². The van der Waals surface area contributed by atoms with E-state index in [4.69, 9.17) is 0 Å². The van der Waals surface area contributed by atoms with Gasteiger partial charge in [-0.05, 0) is 55.9 Å². The quantitative estimate of drug-likeness (QED) is 0.463. The second-order valence-corrected chi connectivity index (χ2v) is 8.39. The van der Waals surface area contributed by atoms with Crippen molar-refractivity contribution in [3.8, 4) is 0 Å². The Labute approximate surface area is 185 Å². The fourth-order valence-electron chi connectivity index (χ4n) is 3.79. The zero-order chi connectivity index (χ0) is 22.2. The van der Waals surface area contributed by atoms with Gasteiger partial charge in [-0.3, -0.25) is 0 Å². The van der Waals surface area contributed by atoms with Crippen molar-refractivity contribution in [2.75, 3.05) is 31.1 Å². The van der Waals surface area contributed by atoms with Crippen LogP contribution in [0.4, 0.5) is 10.1 Å². The molecule has 0 radical (unpaired) electrons. The monoisotopic (exact) mass is 426 g/mol. The maximum Gasteiger partial charge on any atom is 0.191 e. The predicted octanol–water partition coefficient (Wildman–Crippen LogP) is 3.95. The molecule has 0 bridgehead atoms. The lowest BCUT2D eigenvalue weighted by Crippen LogP contribution is -2.39. The summed E-state index contributed by atoms with van der Waals surface area (Å²) in [4.78, 5) is 6.64. The van der Waals surface area contributed by atoms with Gasteiger partial charge in [0, 0.05) is 26.2 Å². The third-order valence-electron chi connectivity index (χ3n) is 5.80. The van der Waals surface area contributed by atoms with Crippen molar-refractivity contribution < 1.29 is 9.50 Å². The normalized spacial score (nSPS) is 16.3. The molecule has 0 spiro atoms. The van der Waals surface area contributed by atoms with Gasteiger partial charge < -0.3 is 20.6 Å². The van der Waals surface area contributed by atoms with Gasteiger partial charge in [-0.1, -0.05) is 42.8 Å². The Hall–Kier alpha value is -2.60. The van der Waals surface area contributed by atoms with E-state index in [0.717, 1.165) is 24.6 Å². The number of halogens is 1. The number of piperidine rings is 1. The molecule has 0 aromatic heterocycles. The molecule has 3 rings (SSSR count). The molecular weight excluding hydrogens is 391 g/mol. The first-order valence-corrected chi connectivity index (χ1v) is 11.3. The van der Waals surface area contributed by atoms with Gasteiger partial charge in [0.25, 0.3) is 0 Å². The summed E-state index contributed by atoms with van der Waals surface area (Å²) >= 11 is 0. The molecule has 0 amide bonds. The van der Waals surface area contributed by atoms with Gasteiger partial charge in [0.15, 0.2) is 5.96 Å². The first-order chi connectivity index (χ1) is 15.0. The van der Waals surface area contributed by atoms with Crippen LogP contribution in [0.15, 0.2) is 47.5 Å². The van der Waals surface area contributed by atoms with Crippen LogP contribution in [0.25, 0.3) is 0 Å². The lowest BCUT2D eigenvalue weighted by molar-refractivity contribution is 0.145. The minimum atomic E-state index is -0.265. The number of hydrogen-bond acceptors (Lipinski definition) is 3. The third-order valence-corrected chi connectivity index (χ3v) is 5.80. The van der Waals surface area contributed by atoms with Crippen molar-refractivity contribution in [3.63, 3.8) is 0 Å². The van der Waals surface area contributed by atoms with Gasteiger partial charge in [0.2, 0.25) is 0 Å². The average Bonchev–Trinajstić information content (AvgIpc) is 2.77. The summed E-state index contributed by atoms with van der Waals surface area (Å²) in [5, 5.41) is 16.3. The van der Waals surface area contributed by atoms with Crippen LogP contribution in [-0.2, 0) is 6.54 Å². The van der Waals surface area contributed by atoms with Crippen molar-refractivity contribution in [1.82, 2.24) is 10.6 Å². The maximum atomic E-state index is 14.7. The maximum absolute atomic E-state index is 14.7. The second kappa shape index (κ2) is 11.1. The van der Waals surface area contributed by atoms with E-state index in [1.807, 2.05) is 24.0 Å². The summed E-state index contributed by atoms with van der Waals surface area (Å²) in [5.74, 6) is 0.857. The van der Waals surface area contributed by atoms with E-state index in [1.165, 1.54) is 11.1 Å². The molecule has 0 saturated carbocycles. The molecule has 6 heteroatoms. The molecule has 1 unspecified atom stereocenters. The fraction of sp³-hybridized carbons (Fsp3) is 0.480. The van der Waals surface area contributed by atoms with Crippen molar-refractivity contribution in [3.05, 3.63) is 65.0 Å². The summed E-state index contributed by atoms with van der Waals surface area (Å²) in [5.41, 5.74) is 3.99. The number of nitrogens with one attached hydrogen (secondary N) is 2. The van der Waals surface area contributed by atoms with Crippen LogP contribution in [0.1, 0.15) is 49.3 Å². The molecular formula is C25H35FN4O. The minimum Gasteiger partial charge on any atom is -0.393 e. The number of benzene rings is 2. The van der Waals surface area contributed by atoms with E-state index < -0.39 is 0 Å². The first-order valence-electron chi connectivity index (χ1n) is 11.3. The molecule has 0 aliphatic carbocycles. The van der Waals surface area contributed by atoms with E-state index in [9.17, 15) is 9.50 Å². The standard InChI is InChI=1S/C25H35FN4O/c1-4-27-25(28-16-19(3)21-8-5-18(2)6-9-21)29-17-20-7-10-24(23(26)15-20)30-13-11-22(31)12-14-30/h5-10,15,19,22,31H,4,11-14,16-17H2,1-3H3,(H2,27,28,29). The van der Waals surface area contributed by atoms with Crippen LogP contribution in [-0.4, -0.2) is 43.3 Å². The van der Waals surface area contributed by atoms with Crippen LogP contribution >= 0.6 is 0 Å². The zero-order valence-corrected chi connectivity index (χ0v) is 18.9. The number of aliphatic imine (C=N–C) groups is 1. The fourth-order valence-corrected chi connectivity index (χ4v) is 3.79. The number of aliphatic hydroxyl groups is 1. The average molecular weight is 427 g/mol. The molecule has 31 heavy (non-hydrogen) atoms. The van der Waals surface area contributed by atoms with Gasteiger partial charge in [0.05, 0.1) is 18.3 Å². The van der Waals surface area contributed by atoms with Crippen LogP contribution in [0.2, 0.25) is 0 Å². The van der Waals surface area contributed by atoms with Crippen molar-refractivity contribution in [1.29, 1.82) is 0 Å². The van der Waals surface area contributed by atoms with Gasteiger partial charge in [-0.25, -0.2) is 9.38 Å². The molecule has 168 valence electrons. The molecule has 2 aromatic carbocycles. The second-order valence-electron chi connectivity index (χ2n) is 8.39. The molecule has 1 heterocycles. The Morgan fingerprint density at radius 1 is 1.16 bits per heavy atom. The molecule has 1 aliphatic heterocycles. The van der Waals surface area contributed by atoms with E-state index in [1.54, 1.807) is 6.07 Å². The number of guanidine groups is 1. The highest BCUT2D eigenvalue weighted by Crippen LogP contribution is 2.24. The topological polar surface area (TPSA) is 59.9 Å². The molecule has 2 aromatic rings. The van der Waals surface area contributed by atoms with Crippen LogP contribution in [0, 0.1) is 12.7 Å². The van der Waals surface area contributed by atoms with Gasteiger partial charge in [-0.15, -0.1) is 0 Å². The summed E-state index contributed by atoms with van der Waals surface area (Å²) in [6.45, 7) is 9.62. The molecule has 1 aliphatic rings. The summed E-state index contributed by atoms with van der Waals surface area (Å²) in [6.07, 6.45) is 1.10. The highest BCUT2D eigenvalue weighted by molar-refractivity contribution is 5.79. The van der Waals surface area contributed by atoms with Crippen LogP contribution in [0.5, 0.6) is 0 Å². The highest BCUT2D eigenvalue weighted by Gasteiger charge is 2.19. The Morgan fingerprint density at radius 2 is 1.87 bits per heavy atom. The van der Waals surface area contributed by atoms with E-state index in [-0.39, 0.29) is 11.9 Å². The minimum absolute atomic E-state index is 0.227. The Bertz CT molecular complexity index is 860. The Morgan fingerprint density at radius 3 is 2.52 bits per heavy atom. The van der Waals surface area contributed by atoms with Gasteiger partial charge in [0.1, 0.15) is 5.82 Å². The molecule has 1 saturated heterocycles. The van der Waals surface area contributed by atoms with E-state index in [2.05, 4.69) is 53.7 Å². The van der Waals surface area contributed by atoms with Gasteiger partial charge >= 0.3 is 0 Å².